The molecule has 0 spiro atoms. The van der Waals surface area contributed by atoms with Gasteiger partial charge in [-0.1, -0.05) is 23.7 Å². The number of aromatic hydroxyl groups is 1. The van der Waals surface area contributed by atoms with Gasteiger partial charge in [-0.15, -0.1) is 0 Å². The number of rotatable bonds is 6. The Balaban J connectivity index is 1.83. The average Bonchev–Trinajstić information content (AvgIpc) is 2.66. The van der Waals surface area contributed by atoms with E-state index in [0.717, 1.165) is 22.4 Å². The van der Waals surface area contributed by atoms with Crippen LogP contribution >= 0.6 is 11.6 Å². The molecule has 7 heteroatoms. The first-order valence-electron chi connectivity index (χ1n) is 9.02. The smallest absolute Gasteiger partial charge is 0.258 e. The molecule has 6 nitrogen and oxygen atoms in total. The number of aromatic amines is 1. The predicted molar refractivity (Wildman–Crippen MR) is 111 cm³/mol. The molecule has 0 saturated heterocycles. The molecule has 29 heavy (non-hydrogen) atoms. The number of benzene rings is 2. The number of carbonyl (C=O) groups is 1. The second-order valence-electron chi connectivity index (χ2n) is 6.86. The standard InChI is InChI=1S/C22H21ClN2O4/c1-12-8-15(9-13(2)20(12)29-3)18(26)11-17-21(27)24-19(25-22(17)28)10-14-4-6-16(23)7-5-14/h4-9H,10-11H2,1-3H3,(H2,24,25,27,28). The molecule has 2 N–H and O–H groups in total. The van der Waals surface area contributed by atoms with Crippen LogP contribution in [0.25, 0.3) is 0 Å². The Morgan fingerprint density at radius 2 is 1.79 bits per heavy atom. The van der Waals surface area contributed by atoms with Crippen LogP contribution in [0.15, 0.2) is 41.2 Å². The highest BCUT2D eigenvalue weighted by Crippen LogP contribution is 2.25. The fourth-order valence-electron chi connectivity index (χ4n) is 3.27. The van der Waals surface area contributed by atoms with E-state index in [-0.39, 0.29) is 17.8 Å². The monoisotopic (exact) mass is 412 g/mol. The maximum atomic E-state index is 12.7. The molecular formula is C22H21ClN2O4. The summed E-state index contributed by atoms with van der Waals surface area (Å²) in [5, 5.41) is 10.9. The van der Waals surface area contributed by atoms with Crippen LogP contribution in [0.5, 0.6) is 11.6 Å². The Morgan fingerprint density at radius 3 is 2.34 bits per heavy atom. The first-order valence-corrected chi connectivity index (χ1v) is 9.40. The average molecular weight is 413 g/mol. The molecule has 1 aromatic heterocycles. The number of hydrogen-bond donors (Lipinski definition) is 2. The van der Waals surface area contributed by atoms with Crippen LogP contribution in [0, 0.1) is 13.8 Å². The van der Waals surface area contributed by atoms with Gasteiger partial charge in [0.15, 0.2) is 5.78 Å². The summed E-state index contributed by atoms with van der Waals surface area (Å²) in [5.41, 5.74) is 2.39. The minimum absolute atomic E-state index is 0.0546. The second-order valence-corrected chi connectivity index (χ2v) is 7.30. The Labute approximate surface area is 173 Å². The van der Waals surface area contributed by atoms with Crippen molar-refractivity contribution in [2.45, 2.75) is 26.7 Å². The molecule has 0 aliphatic heterocycles. The van der Waals surface area contributed by atoms with Gasteiger partial charge in [0.25, 0.3) is 5.56 Å². The number of nitrogens with zero attached hydrogens (tertiary/aromatic N) is 1. The van der Waals surface area contributed by atoms with Gasteiger partial charge in [0.05, 0.1) is 12.7 Å². The lowest BCUT2D eigenvalue weighted by Crippen LogP contribution is -2.20. The first-order chi connectivity index (χ1) is 13.8. The lowest BCUT2D eigenvalue weighted by atomic mass is 9.99. The van der Waals surface area contributed by atoms with Crippen molar-refractivity contribution in [3.63, 3.8) is 0 Å². The third-order valence-corrected chi connectivity index (χ3v) is 4.90. The van der Waals surface area contributed by atoms with Gasteiger partial charge in [0, 0.05) is 23.4 Å². The minimum atomic E-state index is -0.531. The van der Waals surface area contributed by atoms with Crippen LogP contribution in [-0.4, -0.2) is 28.0 Å². The van der Waals surface area contributed by atoms with Crippen molar-refractivity contribution in [3.8, 4) is 11.6 Å². The fourth-order valence-corrected chi connectivity index (χ4v) is 3.39. The molecule has 3 rings (SSSR count). The second kappa shape index (κ2) is 8.49. The highest BCUT2D eigenvalue weighted by atomic mass is 35.5. The van der Waals surface area contributed by atoms with E-state index in [1.54, 1.807) is 31.4 Å². The van der Waals surface area contributed by atoms with E-state index in [9.17, 15) is 14.7 Å². The third-order valence-electron chi connectivity index (χ3n) is 4.65. The molecular weight excluding hydrogens is 392 g/mol. The van der Waals surface area contributed by atoms with Crippen molar-refractivity contribution in [1.82, 2.24) is 9.97 Å². The topological polar surface area (TPSA) is 92.3 Å². The van der Waals surface area contributed by atoms with Crippen LogP contribution in [0.1, 0.15) is 38.4 Å². The summed E-state index contributed by atoms with van der Waals surface area (Å²) < 4.78 is 5.31. The first kappa shape index (κ1) is 20.6. The van der Waals surface area contributed by atoms with E-state index < -0.39 is 11.4 Å². The van der Waals surface area contributed by atoms with Crippen molar-refractivity contribution < 1.29 is 14.6 Å². The largest absolute Gasteiger partial charge is 0.496 e. The van der Waals surface area contributed by atoms with Crippen molar-refractivity contribution in [1.29, 1.82) is 0 Å². The molecule has 2 aromatic carbocycles. The zero-order valence-corrected chi connectivity index (χ0v) is 17.1. The number of ether oxygens (including phenoxy) is 1. The Kier molecular flexibility index (Phi) is 6.03. The van der Waals surface area contributed by atoms with E-state index in [2.05, 4.69) is 9.97 Å². The predicted octanol–water partition coefficient (Wildman–Crippen LogP) is 3.77. The van der Waals surface area contributed by atoms with Crippen LogP contribution in [0.2, 0.25) is 5.02 Å². The van der Waals surface area contributed by atoms with Gasteiger partial charge < -0.3 is 14.8 Å². The van der Waals surface area contributed by atoms with Gasteiger partial charge >= 0.3 is 0 Å². The van der Waals surface area contributed by atoms with E-state index in [1.807, 2.05) is 26.0 Å². The third kappa shape index (κ3) is 4.66. The summed E-state index contributed by atoms with van der Waals surface area (Å²) in [6.07, 6.45) is 0.0751. The number of methoxy groups -OCH3 is 1. The van der Waals surface area contributed by atoms with Gasteiger partial charge in [0.1, 0.15) is 11.6 Å². The molecule has 3 aromatic rings. The van der Waals surface area contributed by atoms with Gasteiger partial charge in [0.2, 0.25) is 5.88 Å². The lowest BCUT2D eigenvalue weighted by molar-refractivity contribution is 0.0991. The summed E-state index contributed by atoms with van der Waals surface area (Å²) in [4.78, 5) is 31.8. The number of Topliss-reactive ketones (excluding diaryl/α,β-unsaturated/α-hetero) is 1. The molecule has 0 aliphatic rings. The summed E-state index contributed by atoms with van der Waals surface area (Å²) in [5.74, 6) is 0.303. The molecule has 0 radical (unpaired) electrons. The molecule has 0 saturated carbocycles. The number of carbonyl (C=O) groups excluding carboxylic acids is 1. The van der Waals surface area contributed by atoms with Gasteiger partial charge in [-0.3, -0.25) is 9.59 Å². The summed E-state index contributed by atoms with van der Waals surface area (Å²) in [6, 6.07) is 10.5. The van der Waals surface area contributed by atoms with Crippen LogP contribution in [0.4, 0.5) is 0 Å². The normalized spacial score (nSPS) is 10.8. The molecule has 0 bridgehead atoms. The molecule has 0 aliphatic carbocycles. The number of H-pyrrole nitrogens is 1. The highest BCUT2D eigenvalue weighted by molar-refractivity contribution is 6.30. The van der Waals surface area contributed by atoms with Gasteiger partial charge in [-0.2, -0.15) is 4.98 Å². The Morgan fingerprint density at radius 1 is 1.17 bits per heavy atom. The number of aryl methyl sites for hydroxylation is 2. The van der Waals surface area contributed by atoms with Gasteiger partial charge in [-0.05, 0) is 54.8 Å². The maximum absolute atomic E-state index is 12.7. The molecule has 0 fully saturated rings. The zero-order valence-electron chi connectivity index (χ0n) is 16.4. The van der Waals surface area contributed by atoms with E-state index in [0.29, 0.717) is 22.8 Å². The Hall–Kier alpha value is -3.12. The van der Waals surface area contributed by atoms with Gasteiger partial charge in [-0.25, -0.2) is 0 Å². The molecule has 150 valence electrons. The number of halogens is 1. The maximum Gasteiger partial charge on any atom is 0.258 e. The number of aromatic nitrogens is 2. The van der Waals surface area contributed by atoms with Crippen LogP contribution in [-0.2, 0) is 12.8 Å². The molecule has 0 amide bonds. The summed E-state index contributed by atoms with van der Waals surface area (Å²) >= 11 is 5.87. The molecule has 0 unspecified atom stereocenters. The summed E-state index contributed by atoms with van der Waals surface area (Å²) in [7, 11) is 1.58. The quantitative estimate of drug-likeness (QED) is 0.601. The highest BCUT2D eigenvalue weighted by Gasteiger charge is 2.18. The van der Waals surface area contributed by atoms with Crippen molar-refractivity contribution in [2.24, 2.45) is 0 Å². The summed E-state index contributed by atoms with van der Waals surface area (Å²) in [6.45, 7) is 3.69. The van der Waals surface area contributed by atoms with Crippen molar-refractivity contribution in [3.05, 3.63) is 85.4 Å². The molecule has 1 heterocycles. The van der Waals surface area contributed by atoms with Crippen molar-refractivity contribution >= 4 is 17.4 Å². The van der Waals surface area contributed by atoms with E-state index in [4.69, 9.17) is 16.3 Å². The lowest BCUT2D eigenvalue weighted by Gasteiger charge is -2.11. The number of hydrogen-bond acceptors (Lipinski definition) is 5. The number of ketones is 1. The number of nitrogens with one attached hydrogen (secondary N) is 1. The Bertz CT molecular complexity index is 1100. The molecule has 0 atom stereocenters. The fraction of sp³-hybridized carbons (Fsp3) is 0.227. The van der Waals surface area contributed by atoms with E-state index >= 15 is 0 Å². The SMILES string of the molecule is COc1c(C)cc(C(=O)Cc2c(O)nc(Cc3ccc(Cl)cc3)[nH]c2=O)cc1C. The van der Waals surface area contributed by atoms with E-state index in [1.165, 1.54) is 0 Å². The van der Waals surface area contributed by atoms with Crippen LogP contribution in [0.3, 0.4) is 0 Å². The van der Waals surface area contributed by atoms with Crippen LogP contribution < -0.4 is 10.3 Å². The van der Waals surface area contributed by atoms with Crippen molar-refractivity contribution in [2.75, 3.05) is 7.11 Å². The zero-order chi connectivity index (χ0) is 21.1. The minimum Gasteiger partial charge on any atom is -0.496 e.